The van der Waals surface area contributed by atoms with Gasteiger partial charge in [0.05, 0.1) is 0 Å². The second-order valence-electron chi connectivity index (χ2n) is 13.6. The van der Waals surface area contributed by atoms with Crippen LogP contribution in [0.25, 0.3) is 22.9 Å². The Morgan fingerprint density at radius 2 is 0.878 bits per heavy atom. The summed E-state index contributed by atoms with van der Waals surface area (Å²) >= 11 is 0. The summed E-state index contributed by atoms with van der Waals surface area (Å²) in [5, 5.41) is 2.47. The molecule has 7 rings (SSSR count). The molecule has 0 aliphatic heterocycles. The van der Waals surface area contributed by atoms with Crippen molar-refractivity contribution in [3.8, 4) is 0 Å². The van der Waals surface area contributed by atoms with Gasteiger partial charge in [-0.3, -0.25) is 0 Å². The number of rotatable bonds is 8. The van der Waals surface area contributed by atoms with Gasteiger partial charge in [-0.25, -0.2) is 0 Å². The van der Waals surface area contributed by atoms with E-state index >= 15 is 0 Å². The standard InChI is InChI=1S/C47H42N2/c1-35-12-8-11-17-46(35)49(44-32-25-40(26-33-44)47(2,3)4)43-29-22-37(23-30-43)19-18-36-20-27-42(28-21-36)48(41-15-6-5-7-16-41)45-31-24-38-13-9-10-14-39(38)34-45/h5-34H,1-4H3/b19-18+. The van der Waals surface area contributed by atoms with E-state index in [1.807, 2.05) is 0 Å². The van der Waals surface area contributed by atoms with Crippen molar-refractivity contribution in [3.63, 3.8) is 0 Å². The molecule has 7 aromatic carbocycles. The first-order valence-corrected chi connectivity index (χ1v) is 17.0. The number of benzene rings is 7. The Kier molecular flexibility index (Phi) is 8.87. The summed E-state index contributed by atoms with van der Waals surface area (Å²) in [6.07, 6.45) is 4.37. The summed E-state index contributed by atoms with van der Waals surface area (Å²) in [5.41, 5.74) is 11.8. The van der Waals surface area contributed by atoms with Gasteiger partial charge in [-0.2, -0.15) is 0 Å². The Bertz CT molecular complexity index is 2190. The van der Waals surface area contributed by atoms with Gasteiger partial charge in [-0.05, 0) is 112 Å². The molecule has 0 bridgehead atoms. The summed E-state index contributed by atoms with van der Waals surface area (Å²) < 4.78 is 0. The van der Waals surface area contributed by atoms with Crippen molar-refractivity contribution >= 4 is 57.0 Å². The molecule has 0 saturated heterocycles. The van der Waals surface area contributed by atoms with Crippen molar-refractivity contribution in [2.75, 3.05) is 9.80 Å². The highest BCUT2D eigenvalue weighted by Crippen LogP contribution is 2.38. The maximum Gasteiger partial charge on any atom is 0.0490 e. The number of hydrogen-bond acceptors (Lipinski definition) is 2. The van der Waals surface area contributed by atoms with E-state index in [1.165, 1.54) is 27.6 Å². The van der Waals surface area contributed by atoms with Gasteiger partial charge in [-0.1, -0.05) is 136 Å². The molecule has 0 spiro atoms. The van der Waals surface area contributed by atoms with Crippen LogP contribution in [-0.2, 0) is 5.41 Å². The highest BCUT2D eigenvalue weighted by atomic mass is 15.1. The van der Waals surface area contributed by atoms with E-state index in [2.05, 4.69) is 220 Å². The van der Waals surface area contributed by atoms with Gasteiger partial charge in [0.1, 0.15) is 0 Å². The molecule has 0 saturated carbocycles. The van der Waals surface area contributed by atoms with Crippen molar-refractivity contribution < 1.29 is 0 Å². The molecule has 0 unspecified atom stereocenters. The van der Waals surface area contributed by atoms with E-state index < -0.39 is 0 Å². The van der Waals surface area contributed by atoms with E-state index in [0.717, 1.165) is 39.6 Å². The molecule has 0 fully saturated rings. The number of fused-ring (bicyclic) bond motifs is 1. The zero-order valence-electron chi connectivity index (χ0n) is 28.7. The first-order valence-electron chi connectivity index (χ1n) is 17.0. The van der Waals surface area contributed by atoms with Gasteiger partial charge in [0.2, 0.25) is 0 Å². The summed E-state index contributed by atoms with van der Waals surface area (Å²) in [7, 11) is 0. The molecule has 49 heavy (non-hydrogen) atoms. The fourth-order valence-corrected chi connectivity index (χ4v) is 6.35. The molecule has 7 aromatic rings. The van der Waals surface area contributed by atoms with Gasteiger partial charge in [-0.15, -0.1) is 0 Å². The summed E-state index contributed by atoms with van der Waals surface area (Å²) in [5.74, 6) is 0. The highest BCUT2D eigenvalue weighted by molar-refractivity contribution is 5.89. The fourth-order valence-electron chi connectivity index (χ4n) is 6.35. The summed E-state index contributed by atoms with van der Waals surface area (Å²) in [6.45, 7) is 8.95. The van der Waals surface area contributed by atoms with Gasteiger partial charge in [0.15, 0.2) is 0 Å². The topological polar surface area (TPSA) is 6.48 Å². The van der Waals surface area contributed by atoms with E-state index in [4.69, 9.17) is 0 Å². The Balaban J connectivity index is 1.14. The lowest BCUT2D eigenvalue weighted by atomic mass is 9.87. The molecule has 0 aromatic heterocycles. The van der Waals surface area contributed by atoms with Gasteiger partial charge in [0, 0.05) is 34.1 Å². The zero-order valence-corrected chi connectivity index (χ0v) is 28.7. The molecular formula is C47H42N2. The molecular weight excluding hydrogens is 593 g/mol. The van der Waals surface area contributed by atoms with Gasteiger partial charge in [0.25, 0.3) is 0 Å². The zero-order chi connectivity index (χ0) is 33.8. The molecule has 2 nitrogen and oxygen atoms in total. The minimum atomic E-state index is 0.110. The van der Waals surface area contributed by atoms with E-state index in [-0.39, 0.29) is 5.41 Å². The number of anilines is 6. The minimum absolute atomic E-state index is 0.110. The number of hydrogen-bond donors (Lipinski definition) is 0. The molecule has 0 N–H and O–H groups in total. The summed E-state index contributed by atoms with van der Waals surface area (Å²) in [6, 6.07) is 61.0. The molecule has 2 heteroatoms. The largest absolute Gasteiger partial charge is 0.310 e. The maximum absolute atomic E-state index is 2.35. The highest BCUT2D eigenvalue weighted by Gasteiger charge is 2.17. The van der Waals surface area contributed by atoms with Crippen LogP contribution in [0.3, 0.4) is 0 Å². The Morgan fingerprint density at radius 3 is 1.47 bits per heavy atom. The maximum atomic E-state index is 2.35. The third kappa shape index (κ3) is 7.05. The van der Waals surface area contributed by atoms with E-state index in [1.54, 1.807) is 0 Å². The molecule has 0 atom stereocenters. The van der Waals surface area contributed by atoms with Crippen molar-refractivity contribution in [2.24, 2.45) is 0 Å². The SMILES string of the molecule is Cc1ccccc1N(c1ccc(/C=C/c2ccc(N(c3ccccc3)c3ccc4ccccc4c3)cc2)cc1)c1ccc(C(C)(C)C)cc1. The van der Waals surface area contributed by atoms with Crippen LogP contribution in [0.4, 0.5) is 34.1 Å². The Labute approximate surface area is 291 Å². The first kappa shape index (κ1) is 31.7. The molecule has 0 aliphatic carbocycles. The van der Waals surface area contributed by atoms with Crippen molar-refractivity contribution in [1.82, 2.24) is 0 Å². The minimum Gasteiger partial charge on any atom is -0.310 e. The fraction of sp³-hybridized carbons (Fsp3) is 0.106. The van der Waals surface area contributed by atoms with Gasteiger partial charge >= 0.3 is 0 Å². The van der Waals surface area contributed by atoms with Crippen LogP contribution in [0.15, 0.2) is 170 Å². The predicted molar refractivity (Wildman–Crippen MR) is 212 cm³/mol. The molecule has 0 heterocycles. The summed E-state index contributed by atoms with van der Waals surface area (Å²) in [4.78, 5) is 4.66. The van der Waals surface area contributed by atoms with Crippen LogP contribution in [0, 0.1) is 6.92 Å². The van der Waals surface area contributed by atoms with Crippen LogP contribution >= 0.6 is 0 Å². The third-order valence-electron chi connectivity index (χ3n) is 9.12. The second-order valence-corrected chi connectivity index (χ2v) is 13.6. The van der Waals surface area contributed by atoms with Crippen LogP contribution < -0.4 is 9.80 Å². The van der Waals surface area contributed by atoms with Crippen LogP contribution in [0.2, 0.25) is 0 Å². The molecule has 240 valence electrons. The predicted octanol–water partition coefficient (Wildman–Crippen LogP) is 13.6. The number of aryl methyl sites for hydroxylation is 1. The monoisotopic (exact) mass is 634 g/mol. The molecule has 0 amide bonds. The number of nitrogens with zero attached hydrogens (tertiary/aromatic N) is 2. The number of para-hydroxylation sites is 2. The van der Waals surface area contributed by atoms with Gasteiger partial charge < -0.3 is 9.80 Å². The first-order chi connectivity index (χ1) is 23.8. The smallest absolute Gasteiger partial charge is 0.0490 e. The average Bonchev–Trinajstić information content (AvgIpc) is 3.13. The Hall–Kier alpha value is -5.86. The van der Waals surface area contributed by atoms with E-state index in [0.29, 0.717) is 0 Å². The normalized spacial score (nSPS) is 11.6. The lowest BCUT2D eigenvalue weighted by molar-refractivity contribution is 0.590. The molecule has 0 radical (unpaired) electrons. The lowest BCUT2D eigenvalue weighted by Gasteiger charge is -2.28. The van der Waals surface area contributed by atoms with Crippen molar-refractivity contribution in [3.05, 3.63) is 192 Å². The molecule has 0 aliphatic rings. The van der Waals surface area contributed by atoms with Crippen LogP contribution in [-0.4, -0.2) is 0 Å². The average molecular weight is 635 g/mol. The van der Waals surface area contributed by atoms with Crippen LogP contribution in [0.5, 0.6) is 0 Å². The Morgan fingerprint density at radius 1 is 0.408 bits per heavy atom. The third-order valence-corrected chi connectivity index (χ3v) is 9.12. The van der Waals surface area contributed by atoms with Crippen molar-refractivity contribution in [2.45, 2.75) is 33.1 Å². The lowest BCUT2D eigenvalue weighted by Crippen LogP contribution is -2.13. The van der Waals surface area contributed by atoms with E-state index in [9.17, 15) is 0 Å². The quantitative estimate of drug-likeness (QED) is 0.153. The second kappa shape index (κ2) is 13.7. The van der Waals surface area contributed by atoms with Crippen LogP contribution in [0.1, 0.15) is 43.0 Å². The van der Waals surface area contributed by atoms with Crippen molar-refractivity contribution in [1.29, 1.82) is 0 Å².